The Hall–Kier alpha value is -2.34. The number of methoxy groups -OCH3 is 1. The van der Waals surface area contributed by atoms with Crippen LogP contribution in [0, 0.1) is 13.8 Å². The standard InChI is InChI=1S/C13H17N5O/c1-8-4-5-11(19-3)10(6-8)16-12-7-9(2)15-13(17-12)18-14/h4-7H,14H2,1-3H3,(H2,15,16,17,18). The Labute approximate surface area is 112 Å². The zero-order valence-electron chi connectivity index (χ0n) is 11.2. The van der Waals surface area contributed by atoms with Crippen LogP contribution in [0.15, 0.2) is 24.3 Å². The summed E-state index contributed by atoms with van der Waals surface area (Å²) in [4.78, 5) is 8.37. The van der Waals surface area contributed by atoms with Crippen LogP contribution in [0.25, 0.3) is 0 Å². The second-order valence-corrected chi connectivity index (χ2v) is 4.19. The molecule has 2 aromatic rings. The molecule has 0 aliphatic carbocycles. The number of ether oxygens (including phenoxy) is 1. The molecule has 0 spiro atoms. The van der Waals surface area contributed by atoms with Crippen molar-refractivity contribution in [1.82, 2.24) is 9.97 Å². The summed E-state index contributed by atoms with van der Waals surface area (Å²) < 4.78 is 5.31. The molecule has 6 heteroatoms. The molecule has 6 nitrogen and oxygen atoms in total. The first kappa shape index (κ1) is 13.1. The summed E-state index contributed by atoms with van der Waals surface area (Å²) >= 11 is 0. The normalized spacial score (nSPS) is 10.1. The number of aryl methyl sites for hydroxylation is 2. The third kappa shape index (κ3) is 3.11. The van der Waals surface area contributed by atoms with E-state index in [-0.39, 0.29) is 0 Å². The van der Waals surface area contributed by atoms with Crippen molar-refractivity contribution in [2.24, 2.45) is 5.84 Å². The van der Waals surface area contributed by atoms with Crippen LogP contribution in [0.2, 0.25) is 0 Å². The van der Waals surface area contributed by atoms with Gasteiger partial charge < -0.3 is 10.1 Å². The highest BCUT2D eigenvalue weighted by Gasteiger charge is 2.06. The van der Waals surface area contributed by atoms with Gasteiger partial charge in [0.2, 0.25) is 5.95 Å². The van der Waals surface area contributed by atoms with E-state index < -0.39 is 0 Å². The van der Waals surface area contributed by atoms with Gasteiger partial charge in [-0.3, -0.25) is 5.43 Å². The molecule has 4 N–H and O–H groups in total. The number of aromatic nitrogens is 2. The van der Waals surface area contributed by atoms with Gasteiger partial charge >= 0.3 is 0 Å². The van der Waals surface area contributed by atoms with E-state index in [1.165, 1.54) is 0 Å². The molecule has 1 heterocycles. The van der Waals surface area contributed by atoms with Crippen LogP contribution >= 0.6 is 0 Å². The lowest BCUT2D eigenvalue weighted by atomic mass is 10.2. The molecule has 100 valence electrons. The van der Waals surface area contributed by atoms with E-state index in [0.29, 0.717) is 11.8 Å². The second kappa shape index (κ2) is 5.53. The number of benzene rings is 1. The Morgan fingerprint density at radius 2 is 1.95 bits per heavy atom. The Morgan fingerprint density at radius 1 is 1.16 bits per heavy atom. The molecule has 1 aromatic carbocycles. The smallest absolute Gasteiger partial charge is 0.239 e. The number of hydrazine groups is 1. The van der Waals surface area contributed by atoms with Gasteiger partial charge in [0, 0.05) is 11.8 Å². The maximum atomic E-state index is 5.33. The molecule has 0 amide bonds. The Morgan fingerprint density at radius 3 is 2.63 bits per heavy atom. The van der Waals surface area contributed by atoms with E-state index in [1.807, 2.05) is 38.1 Å². The Bertz CT molecular complexity index is 585. The number of nitrogens with two attached hydrogens (primary N) is 1. The van der Waals surface area contributed by atoms with Crippen LogP contribution in [0.1, 0.15) is 11.3 Å². The summed E-state index contributed by atoms with van der Waals surface area (Å²) in [6, 6.07) is 7.73. The molecular weight excluding hydrogens is 242 g/mol. The van der Waals surface area contributed by atoms with E-state index in [1.54, 1.807) is 7.11 Å². The summed E-state index contributed by atoms with van der Waals surface area (Å²) in [5, 5.41) is 3.21. The molecule has 0 bridgehead atoms. The van der Waals surface area contributed by atoms with Gasteiger partial charge in [0.05, 0.1) is 12.8 Å². The number of rotatable bonds is 4. The second-order valence-electron chi connectivity index (χ2n) is 4.19. The molecule has 0 unspecified atom stereocenters. The highest BCUT2D eigenvalue weighted by molar-refractivity contribution is 5.65. The van der Waals surface area contributed by atoms with Crippen molar-refractivity contribution in [3.63, 3.8) is 0 Å². The van der Waals surface area contributed by atoms with Gasteiger partial charge in [0.25, 0.3) is 0 Å². The molecule has 0 aliphatic heterocycles. The van der Waals surface area contributed by atoms with Gasteiger partial charge in [-0.2, -0.15) is 4.98 Å². The van der Waals surface area contributed by atoms with Crippen LogP contribution in [-0.2, 0) is 0 Å². The van der Waals surface area contributed by atoms with Crippen molar-refractivity contribution in [3.05, 3.63) is 35.5 Å². The minimum absolute atomic E-state index is 0.370. The summed E-state index contributed by atoms with van der Waals surface area (Å²) in [6.07, 6.45) is 0. The lowest BCUT2D eigenvalue weighted by Gasteiger charge is -2.12. The fourth-order valence-electron chi connectivity index (χ4n) is 1.75. The van der Waals surface area contributed by atoms with E-state index in [9.17, 15) is 0 Å². The summed E-state index contributed by atoms with van der Waals surface area (Å²) in [5.41, 5.74) is 5.24. The molecule has 1 aromatic heterocycles. The summed E-state index contributed by atoms with van der Waals surface area (Å²) in [5.74, 6) is 7.11. The van der Waals surface area contributed by atoms with Crippen molar-refractivity contribution < 1.29 is 4.74 Å². The SMILES string of the molecule is COc1ccc(C)cc1Nc1cc(C)nc(NN)n1. The minimum Gasteiger partial charge on any atom is -0.495 e. The van der Waals surface area contributed by atoms with Crippen LogP contribution in [0.3, 0.4) is 0 Å². The van der Waals surface area contributed by atoms with Crippen LogP contribution in [0.4, 0.5) is 17.5 Å². The largest absolute Gasteiger partial charge is 0.495 e. The van der Waals surface area contributed by atoms with Crippen molar-refractivity contribution in [2.75, 3.05) is 17.9 Å². The van der Waals surface area contributed by atoms with Crippen LogP contribution in [0.5, 0.6) is 5.75 Å². The third-order valence-electron chi connectivity index (χ3n) is 2.60. The minimum atomic E-state index is 0.370. The average Bonchev–Trinajstić information content (AvgIpc) is 2.38. The molecular formula is C13H17N5O. The zero-order chi connectivity index (χ0) is 13.8. The number of hydrogen-bond acceptors (Lipinski definition) is 6. The maximum absolute atomic E-state index is 5.33. The fourth-order valence-corrected chi connectivity index (χ4v) is 1.75. The van der Waals surface area contributed by atoms with Gasteiger partial charge in [-0.25, -0.2) is 10.8 Å². The molecule has 2 rings (SSSR count). The topological polar surface area (TPSA) is 85.1 Å². The number of nitrogen functional groups attached to an aromatic ring is 1. The van der Waals surface area contributed by atoms with Crippen molar-refractivity contribution in [1.29, 1.82) is 0 Å². The van der Waals surface area contributed by atoms with Gasteiger partial charge in [-0.05, 0) is 31.5 Å². The lowest BCUT2D eigenvalue weighted by molar-refractivity contribution is 0.416. The van der Waals surface area contributed by atoms with E-state index in [2.05, 4.69) is 20.7 Å². The summed E-state index contributed by atoms with van der Waals surface area (Å²) in [7, 11) is 1.63. The highest BCUT2D eigenvalue weighted by Crippen LogP contribution is 2.28. The maximum Gasteiger partial charge on any atom is 0.239 e. The fraction of sp³-hybridized carbons (Fsp3) is 0.231. The van der Waals surface area contributed by atoms with Gasteiger partial charge in [0.15, 0.2) is 0 Å². The highest BCUT2D eigenvalue weighted by atomic mass is 16.5. The van der Waals surface area contributed by atoms with Gasteiger partial charge in [0.1, 0.15) is 11.6 Å². The predicted molar refractivity (Wildman–Crippen MR) is 75.6 cm³/mol. The number of hydrogen-bond donors (Lipinski definition) is 3. The van der Waals surface area contributed by atoms with Gasteiger partial charge in [-0.1, -0.05) is 6.07 Å². The summed E-state index contributed by atoms with van der Waals surface area (Å²) in [6.45, 7) is 3.89. The third-order valence-corrected chi connectivity index (χ3v) is 2.60. The van der Waals surface area contributed by atoms with Crippen molar-refractivity contribution in [2.45, 2.75) is 13.8 Å². The molecule has 0 saturated heterocycles. The quantitative estimate of drug-likeness (QED) is 0.576. The van der Waals surface area contributed by atoms with Crippen LogP contribution < -0.4 is 21.3 Å². The van der Waals surface area contributed by atoms with E-state index in [4.69, 9.17) is 10.6 Å². The average molecular weight is 259 g/mol. The Balaban J connectivity index is 2.35. The molecule has 0 saturated carbocycles. The molecule has 19 heavy (non-hydrogen) atoms. The van der Waals surface area contributed by atoms with E-state index in [0.717, 1.165) is 22.7 Å². The number of nitrogens with one attached hydrogen (secondary N) is 2. The van der Waals surface area contributed by atoms with Gasteiger partial charge in [-0.15, -0.1) is 0 Å². The first-order valence-corrected chi connectivity index (χ1v) is 5.86. The molecule has 0 aliphatic rings. The first-order valence-electron chi connectivity index (χ1n) is 5.86. The van der Waals surface area contributed by atoms with Crippen molar-refractivity contribution in [3.8, 4) is 5.75 Å². The van der Waals surface area contributed by atoms with Crippen LogP contribution in [-0.4, -0.2) is 17.1 Å². The van der Waals surface area contributed by atoms with E-state index >= 15 is 0 Å². The molecule has 0 fully saturated rings. The lowest BCUT2D eigenvalue weighted by Crippen LogP contribution is -2.12. The number of anilines is 3. The molecule has 0 radical (unpaired) electrons. The number of nitrogens with zero attached hydrogens (tertiary/aromatic N) is 2. The Kier molecular flexibility index (Phi) is 3.82. The molecule has 0 atom stereocenters. The van der Waals surface area contributed by atoms with Crippen molar-refractivity contribution >= 4 is 17.5 Å². The predicted octanol–water partition coefficient (Wildman–Crippen LogP) is 2.13. The first-order chi connectivity index (χ1) is 9.12. The zero-order valence-corrected chi connectivity index (χ0v) is 11.2. The monoisotopic (exact) mass is 259 g/mol.